The molecule has 3 N–H and O–H groups in total. The van der Waals surface area contributed by atoms with Gasteiger partial charge in [0, 0.05) is 6.04 Å². The zero-order valence-corrected chi connectivity index (χ0v) is 6.67. The van der Waals surface area contributed by atoms with Gasteiger partial charge in [0.05, 0.1) is 6.04 Å². The van der Waals surface area contributed by atoms with Crippen LogP contribution in [-0.4, -0.2) is 36.1 Å². The SMILES string of the molecule is C=[N+]1CNC(C(C)N)C1C. The predicted molar refractivity (Wildman–Crippen MR) is 42.3 cm³/mol. The minimum absolute atomic E-state index is 0.210. The van der Waals surface area contributed by atoms with E-state index in [9.17, 15) is 0 Å². The molecule has 1 fully saturated rings. The average Bonchev–Trinajstić information content (AvgIpc) is 2.14. The van der Waals surface area contributed by atoms with Gasteiger partial charge in [-0.15, -0.1) is 0 Å². The van der Waals surface area contributed by atoms with Gasteiger partial charge >= 0.3 is 0 Å². The fourth-order valence-electron chi connectivity index (χ4n) is 1.39. The Bertz CT molecular complexity index is 142. The number of nitrogens with one attached hydrogen (secondary N) is 1. The van der Waals surface area contributed by atoms with Crippen molar-refractivity contribution in [2.24, 2.45) is 5.73 Å². The summed E-state index contributed by atoms with van der Waals surface area (Å²) < 4.78 is 2.02. The van der Waals surface area contributed by atoms with E-state index in [1.807, 2.05) is 11.5 Å². The topological polar surface area (TPSA) is 41.1 Å². The van der Waals surface area contributed by atoms with Crippen LogP contribution in [0.4, 0.5) is 0 Å². The number of hydrogen-bond acceptors (Lipinski definition) is 2. The highest BCUT2D eigenvalue weighted by atomic mass is 15.3. The number of nitrogens with two attached hydrogens (primary N) is 1. The molecule has 1 aliphatic rings. The zero-order chi connectivity index (χ0) is 7.72. The summed E-state index contributed by atoms with van der Waals surface area (Å²) in [5.41, 5.74) is 5.73. The van der Waals surface area contributed by atoms with Gasteiger partial charge in [-0.1, -0.05) is 0 Å². The standard InChI is InChI=1S/C7H16N3/c1-5(8)7-6(2)10(3)4-9-7/h5-7,9H,3-4,8H2,1-2H3/q+1. The molecule has 0 bridgehead atoms. The van der Waals surface area contributed by atoms with E-state index in [-0.39, 0.29) is 6.04 Å². The number of nitrogens with zero attached hydrogens (tertiary/aromatic N) is 1. The predicted octanol–water partition coefficient (Wildman–Crippen LogP) is -0.635. The third-order valence-corrected chi connectivity index (χ3v) is 2.19. The van der Waals surface area contributed by atoms with Gasteiger partial charge in [0.1, 0.15) is 6.72 Å². The van der Waals surface area contributed by atoms with Crippen molar-refractivity contribution < 1.29 is 4.58 Å². The molecular formula is C7H16N3+. The molecule has 10 heavy (non-hydrogen) atoms. The van der Waals surface area contributed by atoms with Crippen LogP contribution in [0.3, 0.4) is 0 Å². The Balaban J connectivity index is 2.57. The van der Waals surface area contributed by atoms with Gasteiger partial charge < -0.3 is 5.73 Å². The molecule has 0 spiro atoms. The van der Waals surface area contributed by atoms with Crippen LogP contribution < -0.4 is 11.1 Å². The number of rotatable bonds is 1. The van der Waals surface area contributed by atoms with Crippen LogP contribution in [0.1, 0.15) is 13.8 Å². The molecule has 3 nitrogen and oxygen atoms in total. The summed E-state index contributed by atoms with van der Waals surface area (Å²) in [4.78, 5) is 0. The normalized spacial score (nSPS) is 36.5. The summed E-state index contributed by atoms with van der Waals surface area (Å²) in [5.74, 6) is 0. The highest BCUT2D eigenvalue weighted by molar-refractivity contribution is 5.15. The molecule has 1 heterocycles. The van der Waals surface area contributed by atoms with E-state index in [0.717, 1.165) is 6.67 Å². The maximum atomic E-state index is 5.73. The van der Waals surface area contributed by atoms with Crippen LogP contribution in [0.2, 0.25) is 0 Å². The fourth-order valence-corrected chi connectivity index (χ4v) is 1.39. The average molecular weight is 142 g/mol. The van der Waals surface area contributed by atoms with E-state index in [0.29, 0.717) is 12.1 Å². The Morgan fingerprint density at radius 2 is 2.40 bits per heavy atom. The molecule has 3 unspecified atom stereocenters. The summed E-state index contributed by atoms with van der Waals surface area (Å²) in [5, 5.41) is 3.29. The van der Waals surface area contributed by atoms with Crippen LogP contribution in [0.15, 0.2) is 0 Å². The van der Waals surface area contributed by atoms with Gasteiger partial charge in [0.15, 0.2) is 12.7 Å². The minimum Gasteiger partial charge on any atom is -0.326 e. The van der Waals surface area contributed by atoms with E-state index >= 15 is 0 Å². The summed E-state index contributed by atoms with van der Waals surface area (Å²) in [7, 11) is 0. The molecule has 58 valence electrons. The quantitative estimate of drug-likeness (QED) is 0.478. The van der Waals surface area contributed by atoms with Gasteiger partial charge in [-0.05, 0) is 13.8 Å². The Morgan fingerprint density at radius 1 is 1.80 bits per heavy atom. The van der Waals surface area contributed by atoms with Gasteiger partial charge in [0.2, 0.25) is 0 Å². The van der Waals surface area contributed by atoms with Gasteiger partial charge in [-0.3, -0.25) is 5.32 Å². The minimum atomic E-state index is 0.210. The lowest BCUT2D eigenvalue weighted by Gasteiger charge is -2.13. The monoisotopic (exact) mass is 142 g/mol. The first-order chi connectivity index (χ1) is 4.63. The van der Waals surface area contributed by atoms with Gasteiger partial charge in [0.25, 0.3) is 0 Å². The molecule has 0 saturated carbocycles. The van der Waals surface area contributed by atoms with E-state index in [1.165, 1.54) is 0 Å². The molecule has 0 radical (unpaired) electrons. The molecule has 0 aromatic carbocycles. The largest absolute Gasteiger partial charge is 0.326 e. The molecular weight excluding hydrogens is 126 g/mol. The smallest absolute Gasteiger partial charge is 0.196 e. The lowest BCUT2D eigenvalue weighted by molar-refractivity contribution is -0.534. The first-order valence-corrected chi connectivity index (χ1v) is 3.69. The maximum absolute atomic E-state index is 5.73. The van der Waals surface area contributed by atoms with E-state index in [1.54, 1.807) is 0 Å². The maximum Gasteiger partial charge on any atom is 0.196 e. The molecule has 0 aromatic heterocycles. The molecule has 0 amide bonds. The van der Waals surface area contributed by atoms with Crippen molar-refractivity contribution in [2.45, 2.75) is 32.0 Å². The van der Waals surface area contributed by atoms with Crippen LogP contribution >= 0.6 is 0 Å². The van der Waals surface area contributed by atoms with Crippen LogP contribution in [-0.2, 0) is 0 Å². The van der Waals surface area contributed by atoms with Crippen LogP contribution in [0.25, 0.3) is 0 Å². The highest BCUT2D eigenvalue weighted by Crippen LogP contribution is 2.06. The second kappa shape index (κ2) is 2.68. The third-order valence-electron chi connectivity index (χ3n) is 2.19. The van der Waals surface area contributed by atoms with Gasteiger partial charge in [-0.25, -0.2) is 4.58 Å². The fraction of sp³-hybridized carbons (Fsp3) is 0.857. The highest BCUT2D eigenvalue weighted by Gasteiger charge is 2.34. The van der Waals surface area contributed by atoms with Crippen LogP contribution in [0.5, 0.6) is 0 Å². The lowest BCUT2D eigenvalue weighted by atomic mass is 10.1. The Hall–Kier alpha value is -0.410. The molecule has 1 saturated heterocycles. The second-order valence-corrected chi connectivity index (χ2v) is 3.08. The Kier molecular flexibility index (Phi) is 2.06. The van der Waals surface area contributed by atoms with Crippen molar-refractivity contribution in [3.63, 3.8) is 0 Å². The van der Waals surface area contributed by atoms with Crippen molar-refractivity contribution in [2.75, 3.05) is 6.67 Å². The van der Waals surface area contributed by atoms with Crippen LogP contribution in [0, 0.1) is 0 Å². The molecule has 1 aliphatic heterocycles. The van der Waals surface area contributed by atoms with Crippen molar-refractivity contribution in [3.8, 4) is 0 Å². The molecule has 3 atom stereocenters. The van der Waals surface area contributed by atoms with E-state index < -0.39 is 0 Å². The second-order valence-electron chi connectivity index (χ2n) is 3.08. The molecule has 0 aliphatic carbocycles. The summed E-state index contributed by atoms with van der Waals surface area (Å²) in [6, 6.07) is 1.07. The van der Waals surface area contributed by atoms with E-state index in [4.69, 9.17) is 5.73 Å². The Labute approximate surface area is 61.9 Å². The summed E-state index contributed by atoms with van der Waals surface area (Å²) in [6.07, 6.45) is 0. The summed E-state index contributed by atoms with van der Waals surface area (Å²) in [6.45, 7) is 8.88. The third kappa shape index (κ3) is 1.20. The van der Waals surface area contributed by atoms with Gasteiger partial charge in [-0.2, -0.15) is 0 Å². The van der Waals surface area contributed by atoms with Crippen molar-refractivity contribution in [1.29, 1.82) is 0 Å². The molecule has 1 rings (SSSR count). The van der Waals surface area contributed by atoms with E-state index in [2.05, 4.69) is 19.0 Å². The lowest BCUT2D eigenvalue weighted by Crippen LogP contribution is -2.44. The summed E-state index contributed by atoms with van der Waals surface area (Å²) >= 11 is 0. The first kappa shape index (κ1) is 7.69. The molecule has 3 heteroatoms. The van der Waals surface area contributed by atoms with Crippen molar-refractivity contribution in [1.82, 2.24) is 5.32 Å². The Morgan fingerprint density at radius 3 is 2.60 bits per heavy atom. The molecule has 0 aromatic rings. The van der Waals surface area contributed by atoms with Crippen molar-refractivity contribution >= 4 is 6.72 Å². The zero-order valence-electron chi connectivity index (χ0n) is 6.67. The number of hydrogen-bond donors (Lipinski definition) is 2. The first-order valence-electron chi connectivity index (χ1n) is 3.69. The van der Waals surface area contributed by atoms with Crippen molar-refractivity contribution in [3.05, 3.63) is 0 Å².